The molecule has 1 N–H and O–H groups in total. The molecule has 0 aromatic heterocycles. The minimum absolute atomic E-state index is 0.208. The maximum absolute atomic E-state index is 11.0. The quantitative estimate of drug-likeness (QED) is 0.898. The van der Waals surface area contributed by atoms with E-state index in [0.29, 0.717) is 10.0 Å². The van der Waals surface area contributed by atoms with E-state index >= 15 is 0 Å². The molecule has 1 fully saturated rings. The first kappa shape index (κ1) is 15.3. The van der Waals surface area contributed by atoms with Crippen LogP contribution in [0.25, 0.3) is 0 Å². The van der Waals surface area contributed by atoms with Gasteiger partial charge in [0.15, 0.2) is 0 Å². The fourth-order valence-electron chi connectivity index (χ4n) is 2.51. The Morgan fingerprint density at radius 2 is 1.80 bits per heavy atom. The Morgan fingerprint density at radius 3 is 2.25 bits per heavy atom. The fraction of sp³-hybridized carbons (Fsp3) is 0.533. The highest BCUT2D eigenvalue weighted by atomic mass is 79.9. The van der Waals surface area contributed by atoms with Crippen LogP contribution in [0.3, 0.4) is 0 Å². The molecule has 1 heterocycles. The van der Waals surface area contributed by atoms with Gasteiger partial charge in [-0.25, -0.2) is 4.79 Å². The predicted octanol–water partition coefficient (Wildman–Crippen LogP) is 3.07. The zero-order valence-electron chi connectivity index (χ0n) is 12.2. The van der Waals surface area contributed by atoms with Gasteiger partial charge in [-0.3, -0.25) is 4.90 Å². The van der Waals surface area contributed by atoms with Gasteiger partial charge < -0.3 is 10.0 Å². The molecule has 1 aliphatic heterocycles. The van der Waals surface area contributed by atoms with E-state index in [0.717, 1.165) is 31.9 Å². The summed E-state index contributed by atoms with van der Waals surface area (Å²) in [6.07, 6.45) is 0. The summed E-state index contributed by atoms with van der Waals surface area (Å²) in [5.41, 5.74) is 1.59. The third-order valence-electron chi connectivity index (χ3n) is 3.78. The molecule has 0 spiro atoms. The minimum atomic E-state index is -0.902. The van der Waals surface area contributed by atoms with Crippen LogP contribution < -0.4 is 4.90 Å². The Kier molecular flexibility index (Phi) is 4.39. The van der Waals surface area contributed by atoms with Crippen LogP contribution in [0.4, 0.5) is 5.69 Å². The van der Waals surface area contributed by atoms with Gasteiger partial charge in [0.25, 0.3) is 0 Å². The summed E-state index contributed by atoms with van der Waals surface area (Å²) in [7, 11) is 0. The van der Waals surface area contributed by atoms with E-state index in [1.165, 1.54) is 0 Å². The van der Waals surface area contributed by atoms with Crippen LogP contribution in [-0.4, -0.2) is 47.7 Å². The Labute approximate surface area is 128 Å². The summed E-state index contributed by atoms with van der Waals surface area (Å²) >= 11 is 3.34. The molecule has 4 nitrogen and oxygen atoms in total. The average molecular weight is 341 g/mol. The van der Waals surface area contributed by atoms with Crippen LogP contribution in [0, 0.1) is 0 Å². The lowest BCUT2D eigenvalue weighted by Crippen LogP contribution is -2.53. The number of benzene rings is 1. The number of halogens is 1. The van der Waals surface area contributed by atoms with Gasteiger partial charge >= 0.3 is 5.97 Å². The topological polar surface area (TPSA) is 43.8 Å². The summed E-state index contributed by atoms with van der Waals surface area (Å²) < 4.78 is 0.640. The molecule has 110 valence electrons. The van der Waals surface area contributed by atoms with E-state index in [1.54, 1.807) is 6.07 Å². The Morgan fingerprint density at radius 1 is 1.20 bits per heavy atom. The molecule has 20 heavy (non-hydrogen) atoms. The Balaban J connectivity index is 2.08. The number of hydrogen-bond donors (Lipinski definition) is 1. The van der Waals surface area contributed by atoms with E-state index in [2.05, 4.69) is 46.5 Å². The first-order valence-corrected chi connectivity index (χ1v) is 7.61. The van der Waals surface area contributed by atoms with E-state index in [-0.39, 0.29) is 5.54 Å². The third-order valence-corrected chi connectivity index (χ3v) is 4.43. The Bertz CT molecular complexity index is 503. The van der Waals surface area contributed by atoms with Crippen molar-refractivity contribution in [2.75, 3.05) is 31.1 Å². The maximum atomic E-state index is 11.0. The lowest BCUT2D eigenvalue weighted by Gasteiger charge is -2.43. The number of nitrogens with zero attached hydrogens (tertiary/aromatic N) is 2. The number of carbonyl (C=O) groups is 1. The standard InChI is InChI=1S/C15H21BrN2O2/c1-15(2,3)18-8-6-17(7-9-18)11-4-5-12(14(19)20)13(16)10-11/h4-5,10H,6-9H2,1-3H3,(H,19,20). The largest absolute Gasteiger partial charge is 0.478 e. The van der Waals surface area contributed by atoms with Crippen LogP contribution in [0.1, 0.15) is 31.1 Å². The Hall–Kier alpha value is -1.07. The fourth-order valence-corrected chi connectivity index (χ4v) is 3.05. The molecule has 0 saturated carbocycles. The van der Waals surface area contributed by atoms with Crippen molar-refractivity contribution in [1.29, 1.82) is 0 Å². The predicted molar refractivity (Wildman–Crippen MR) is 84.6 cm³/mol. The van der Waals surface area contributed by atoms with Crippen molar-refractivity contribution in [2.24, 2.45) is 0 Å². The average Bonchev–Trinajstić information content (AvgIpc) is 2.37. The summed E-state index contributed by atoms with van der Waals surface area (Å²) in [6.45, 7) is 10.7. The maximum Gasteiger partial charge on any atom is 0.336 e. The number of piperazine rings is 1. The first-order valence-electron chi connectivity index (χ1n) is 6.82. The number of aromatic carboxylic acids is 1. The highest BCUT2D eigenvalue weighted by Crippen LogP contribution is 2.26. The molecular formula is C15H21BrN2O2. The van der Waals surface area contributed by atoms with Gasteiger partial charge in [-0.15, -0.1) is 0 Å². The number of anilines is 1. The van der Waals surface area contributed by atoms with Crippen molar-refractivity contribution in [2.45, 2.75) is 26.3 Å². The van der Waals surface area contributed by atoms with Gasteiger partial charge in [0.2, 0.25) is 0 Å². The molecule has 0 aliphatic carbocycles. The second-order valence-corrected chi connectivity index (χ2v) is 6.97. The molecule has 1 aromatic rings. The summed E-state index contributed by atoms with van der Waals surface area (Å²) in [5, 5.41) is 9.04. The highest BCUT2D eigenvalue weighted by Gasteiger charge is 2.26. The SMILES string of the molecule is CC(C)(C)N1CCN(c2ccc(C(=O)O)c(Br)c2)CC1. The van der Waals surface area contributed by atoms with Crippen LogP contribution in [0.5, 0.6) is 0 Å². The van der Waals surface area contributed by atoms with Gasteiger partial charge in [0.05, 0.1) is 5.56 Å². The molecule has 1 aromatic carbocycles. The molecule has 0 atom stereocenters. The first-order chi connectivity index (χ1) is 9.29. The molecule has 5 heteroatoms. The summed E-state index contributed by atoms with van der Waals surface area (Å²) in [4.78, 5) is 15.8. The minimum Gasteiger partial charge on any atom is -0.478 e. The van der Waals surface area contributed by atoms with Crippen molar-refractivity contribution in [3.8, 4) is 0 Å². The zero-order valence-corrected chi connectivity index (χ0v) is 13.8. The van der Waals surface area contributed by atoms with E-state index < -0.39 is 5.97 Å². The number of rotatable bonds is 2. The summed E-state index contributed by atoms with van der Waals surface area (Å²) in [6, 6.07) is 5.45. The van der Waals surface area contributed by atoms with Crippen LogP contribution >= 0.6 is 15.9 Å². The number of carboxylic acids is 1. The molecule has 1 aliphatic rings. The van der Waals surface area contributed by atoms with Gasteiger partial charge in [0.1, 0.15) is 0 Å². The third kappa shape index (κ3) is 3.33. The summed E-state index contributed by atoms with van der Waals surface area (Å²) in [5.74, 6) is -0.902. The lowest BCUT2D eigenvalue weighted by atomic mass is 10.0. The normalized spacial score (nSPS) is 17.3. The lowest BCUT2D eigenvalue weighted by molar-refractivity contribution is 0.0696. The van der Waals surface area contributed by atoms with E-state index in [1.807, 2.05) is 12.1 Å². The highest BCUT2D eigenvalue weighted by molar-refractivity contribution is 9.10. The number of carboxylic acid groups (broad SMARTS) is 1. The van der Waals surface area contributed by atoms with Crippen molar-refractivity contribution >= 4 is 27.6 Å². The second-order valence-electron chi connectivity index (χ2n) is 6.11. The van der Waals surface area contributed by atoms with Gasteiger partial charge in [-0.05, 0) is 54.9 Å². The molecule has 0 amide bonds. The van der Waals surface area contributed by atoms with Crippen LogP contribution in [0.15, 0.2) is 22.7 Å². The smallest absolute Gasteiger partial charge is 0.336 e. The van der Waals surface area contributed by atoms with E-state index in [9.17, 15) is 4.79 Å². The molecule has 2 rings (SSSR count). The van der Waals surface area contributed by atoms with Crippen molar-refractivity contribution in [3.05, 3.63) is 28.2 Å². The van der Waals surface area contributed by atoms with Crippen molar-refractivity contribution < 1.29 is 9.90 Å². The van der Waals surface area contributed by atoms with Gasteiger partial charge in [0, 0.05) is 41.9 Å². The monoisotopic (exact) mass is 340 g/mol. The van der Waals surface area contributed by atoms with Gasteiger partial charge in [-0.1, -0.05) is 0 Å². The van der Waals surface area contributed by atoms with E-state index in [4.69, 9.17) is 5.11 Å². The molecule has 0 bridgehead atoms. The van der Waals surface area contributed by atoms with Crippen LogP contribution in [-0.2, 0) is 0 Å². The number of hydrogen-bond acceptors (Lipinski definition) is 3. The molecular weight excluding hydrogens is 320 g/mol. The second kappa shape index (κ2) is 5.74. The molecule has 0 unspecified atom stereocenters. The zero-order chi connectivity index (χ0) is 14.9. The van der Waals surface area contributed by atoms with Gasteiger partial charge in [-0.2, -0.15) is 0 Å². The van der Waals surface area contributed by atoms with Crippen molar-refractivity contribution in [1.82, 2.24) is 4.90 Å². The molecule has 0 radical (unpaired) electrons. The molecule has 1 saturated heterocycles. The van der Waals surface area contributed by atoms with Crippen molar-refractivity contribution in [3.63, 3.8) is 0 Å². The van der Waals surface area contributed by atoms with Crippen LogP contribution in [0.2, 0.25) is 0 Å².